The minimum atomic E-state index is -0.476. The molecule has 0 fully saturated rings. The average Bonchev–Trinajstić information content (AvgIpc) is 2.89. The largest absolute Gasteiger partial charge is 1.00 e. The number of carbonyl (C=O) groups excluding carboxylic acids is 2. The van der Waals surface area contributed by atoms with Crippen LogP contribution >= 0.6 is 0 Å². The number of hydrogen-bond donors (Lipinski definition) is 1. The summed E-state index contributed by atoms with van der Waals surface area (Å²) in [6.07, 6.45) is 25.6. The molecule has 0 aromatic heterocycles. The van der Waals surface area contributed by atoms with E-state index in [-0.39, 0.29) is 93.9 Å². The first kappa shape index (κ1) is 45.3. The maximum Gasteiger partial charge on any atom is 1.00 e. The van der Waals surface area contributed by atoms with Crippen LogP contribution < -0.4 is 59.1 Å². The molecular formula is C32H64Na2O6. The van der Waals surface area contributed by atoms with Gasteiger partial charge in [0.15, 0.2) is 0 Å². The second-order valence-corrected chi connectivity index (χ2v) is 11.0. The van der Waals surface area contributed by atoms with Gasteiger partial charge in [0.2, 0.25) is 0 Å². The number of esters is 2. The zero-order valence-electron chi connectivity index (χ0n) is 29.3. The van der Waals surface area contributed by atoms with E-state index >= 15 is 0 Å². The summed E-state index contributed by atoms with van der Waals surface area (Å²) >= 11 is 0. The van der Waals surface area contributed by atoms with Crippen molar-refractivity contribution in [2.45, 2.75) is 174 Å². The SMILES string of the molecule is CCCCCCCCCCCCC(COCC(=O)OC(CO)CCCCCCCCCCCC)OC(C)=O.[H-].[H-].[Na+].[Na+]. The molecule has 0 heterocycles. The summed E-state index contributed by atoms with van der Waals surface area (Å²) in [5.41, 5.74) is 0. The number of hydrogen-bond acceptors (Lipinski definition) is 6. The van der Waals surface area contributed by atoms with Crippen molar-refractivity contribution in [3.63, 3.8) is 0 Å². The zero-order chi connectivity index (χ0) is 28.1. The molecule has 0 bridgehead atoms. The molecule has 0 aromatic rings. The average molecular weight is 591 g/mol. The van der Waals surface area contributed by atoms with E-state index in [4.69, 9.17) is 14.2 Å². The van der Waals surface area contributed by atoms with Crippen LogP contribution in [0.4, 0.5) is 0 Å². The van der Waals surface area contributed by atoms with Crippen molar-refractivity contribution in [2.24, 2.45) is 0 Å². The molecule has 0 aliphatic carbocycles. The number of aliphatic hydroxyl groups is 1. The van der Waals surface area contributed by atoms with Gasteiger partial charge in [-0.15, -0.1) is 0 Å². The molecule has 2 atom stereocenters. The van der Waals surface area contributed by atoms with E-state index in [1.165, 1.54) is 110 Å². The van der Waals surface area contributed by atoms with Gasteiger partial charge in [0.1, 0.15) is 18.8 Å². The van der Waals surface area contributed by atoms with Gasteiger partial charge in [-0.05, 0) is 25.7 Å². The van der Waals surface area contributed by atoms with Gasteiger partial charge in [-0.25, -0.2) is 4.79 Å². The predicted molar refractivity (Wildman–Crippen MR) is 158 cm³/mol. The number of rotatable bonds is 29. The van der Waals surface area contributed by atoms with Crippen LogP contribution in [0.3, 0.4) is 0 Å². The third kappa shape index (κ3) is 33.4. The molecule has 0 aliphatic heterocycles. The summed E-state index contributed by atoms with van der Waals surface area (Å²) in [5.74, 6) is -0.804. The topological polar surface area (TPSA) is 82.1 Å². The second kappa shape index (κ2) is 36.1. The molecule has 0 saturated heterocycles. The van der Waals surface area contributed by atoms with E-state index in [1.807, 2.05) is 0 Å². The molecule has 0 aliphatic rings. The Hall–Kier alpha value is 0.860. The summed E-state index contributed by atoms with van der Waals surface area (Å²) in [6, 6.07) is 0. The Labute approximate surface area is 294 Å². The van der Waals surface area contributed by atoms with E-state index in [9.17, 15) is 14.7 Å². The standard InChI is InChI=1S/C32H62O6.2Na.2H/c1-4-6-8-10-12-14-16-18-20-22-24-30(26-33)38-32(35)28-36-27-31(37-29(3)34)25-23-21-19-17-15-13-11-9-7-5-2;;;;/h30-31,33H,4-28H2,1-3H3;;;;/q;2*+1;2*-1. The maximum atomic E-state index is 12.2. The molecule has 0 saturated carbocycles. The van der Waals surface area contributed by atoms with E-state index < -0.39 is 12.1 Å². The van der Waals surface area contributed by atoms with Crippen LogP contribution in [0.2, 0.25) is 0 Å². The number of ether oxygens (including phenoxy) is 3. The van der Waals surface area contributed by atoms with Gasteiger partial charge in [-0.2, -0.15) is 0 Å². The number of aliphatic hydroxyl groups excluding tert-OH is 1. The molecule has 0 amide bonds. The summed E-state index contributed by atoms with van der Waals surface area (Å²) < 4.78 is 16.3. The van der Waals surface area contributed by atoms with E-state index in [0.717, 1.165) is 32.1 Å². The molecule has 0 spiro atoms. The minimum absolute atomic E-state index is 0. The number of unbranched alkanes of at least 4 members (excludes halogenated alkanes) is 18. The van der Waals surface area contributed by atoms with Crippen molar-refractivity contribution < 1.29 is 90.9 Å². The van der Waals surface area contributed by atoms with Gasteiger partial charge in [-0.3, -0.25) is 4.79 Å². The summed E-state index contributed by atoms with van der Waals surface area (Å²) in [6.45, 7) is 5.72. The fraction of sp³-hybridized carbons (Fsp3) is 0.938. The second-order valence-electron chi connectivity index (χ2n) is 11.0. The van der Waals surface area contributed by atoms with Crippen molar-refractivity contribution in [1.82, 2.24) is 0 Å². The Balaban J connectivity index is -0.00000114. The van der Waals surface area contributed by atoms with Crippen LogP contribution in [0.5, 0.6) is 0 Å². The van der Waals surface area contributed by atoms with Crippen molar-refractivity contribution >= 4 is 11.9 Å². The third-order valence-electron chi connectivity index (χ3n) is 7.12. The molecule has 0 radical (unpaired) electrons. The van der Waals surface area contributed by atoms with Crippen molar-refractivity contribution in [1.29, 1.82) is 0 Å². The fourth-order valence-electron chi connectivity index (χ4n) is 4.81. The van der Waals surface area contributed by atoms with Crippen LogP contribution in [-0.2, 0) is 23.8 Å². The Morgan fingerprint density at radius 3 is 1.35 bits per heavy atom. The van der Waals surface area contributed by atoms with Gasteiger partial charge in [0, 0.05) is 6.92 Å². The van der Waals surface area contributed by atoms with Crippen molar-refractivity contribution in [3.8, 4) is 0 Å². The minimum Gasteiger partial charge on any atom is -1.00 e. The van der Waals surface area contributed by atoms with Crippen LogP contribution in [0.25, 0.3) is 0 Å². The van der Waals surface area contributed by atoms with Gasteiger partial charge >= 0.3 is 71.1 Å². The smallest absolute Gasteiger partial charge is 1.00 e. The third-order valence-corrected chi connectivity index (χ3v) is 7.12. The Bertz CT molecular complexity index is 547. The van der Waals surface area contributed by atoms with Gasteiger partial charge < -0.3 is 22.2 Å². The molecule has 230 valence electrons. The zero-order valence-corrected chi connectivity index (χ0v) is 31.3. The van der Waals surface area contributed by atoms with Gasteiger partial charge in [0.25, 0.3) is 0 Å². The molecule has 2 unspecified atom stereocenters. The molecule has 40 heavy (non-hydrogen) atoms. The van der Waals surface area contributed by atoms with Crippen LogP contribution in [0.1, 0.15) is 165 Å². The normalized spacial score (nSPS) is 12.2. The first-order valence-electron chi connectivity index (χ1n) is 16.1. The van der Waals surface area contributed by atoms with Gasteiger partial charge in [-0.1, -0.05) is 129 Å². The predicted octanol–water partition coefficient (Wildman–Crippen LogP) is 2.69. The molecule has 1 N–H and O–H groups in total. The van der Waals surface area contributed by atoms with E-state index in [2.05, 4.69) is 13.8 Å². The van der Waals surface area contributed by atoms with E-state index in [0.29, 0.717) is 6.42 Å². The maximum absolute atomic E-state index is 12.2. The molecular weight excluding hydrogens is 526 g/mol. The Morgan fingerprint density at radius 1 is 0.600 bits per heavy atom. The first-order valence-corrected chi connectivity index (χ1v) is 16.1. The Morgan fingerprint density at radius 2 is 0.975 bits per heavy atom. The summed E-state index contributed by atoms with van der Waals surface area (Å²) in [4.78, 5) is 23.6. The Kier molecular flexibility index (Phi) is 40.8. The fourth-order valence-corrected chi connectivity index (χ4v) is 4.81. The van der Waals surface area contributed by atoms with E-state index in [1.54, 1.807) is 0 Å². The number of carbonyl (C=O) groups is 2. The molecule has 8 heteroatoms. The molecule has 0 aromatic carbocycles. The molecule has 0 rings (SSSR count). The van der Waals surface area contributed by atoms with Crippen LogP contribution in [-0.4, -0.2) is 49.1 Å². The summed E-state index contributed by atoms with van der Waals surface area (Å²) in [7, 11) is 0. The summed E-state index contributed by atoms with van der Waals surface area (Å²) in [5, 5.41) is 9.58. The first-order chi connectivity index (χ1) is 18.5. The quantitative estimate of drug-likeness (QED) is 0.0820. The van der Waals surface area contributed by atoms with Gasteiger partial charge in [0.05, 0.1) is 13.2 Å². The van der Waals surface area contributed by atoms with Crippen LogP contribution in [0.15, 0.2) is 0 Å². The van der Waals surface area contributed by atoms with Crippen molar-refractivity contribution in [3.05, 3.63) is 0 Å². The monoisotopic (exact) mass is 590 g/mol. The van der Waals surface area contributed by atoms with Crippen LogP contribution in [0, 0.1) is 0 Å². The van der Waals surface area contributed by atoms with Crippen molar-refractivity contribution in [2.75, 3.05) is 19.8 Å². The molecule has 6 nitrogen and oxygen atoms in total.